The molecule has 0 atom stereocenters. The zero-order valence-electron chi connectivity index (χ0n) is 16.5. The molecule has 4 rings (SSSR count). The number of hydrogen-bond acceptors (Lipinski definition) is 3. The van der Waals surface area contributed by atoms with Crippen molar-refractivity contribution in [1.82, 2.24) is 9.55 Å². The van der Waals surface area contributed by atoms with E-state index in [2.05, 4.69) is 20.9 Å². The molecule has 0 spiro atoms. The number of fused-ring (bicyclic) bond motifs is 1. The van der Waals surface area contributed by atoms with Gasteiger partial charge in [0.2, 0.25) is 5.91 Å². The van der Waals surface area contributed by atoms with Crippen molar-refractivity contribution in [2.75, 3.05) is 11.9 Å². The van der Waals surface area contributed by atoms with Crippen LogP contribution in [0.2, 0.25) is 0 Å². The minimum absolute atomic E-state index is 0.0698. The molecule has 0 aliphatic carbocycles. The first-order valence-corrected chi connectivity index (χ1v) is 10.4. The average molecular weight is 462 g/mol. The second-order valence-corrected chi connectivity index (χ2v) is 7.91. The Morgan fingerprint density at radius 1 is 1.03 bits per heavy atom. The molecule has 6 heteroatoms. The van der Waals surface area contributed by atoms with Gasteiger partial charge in [-0.1, -0.05) is 64.5 Å². The summed E-state index contributed by atoms with van der Waals surface area (Å²) in [5, 5.41) is 0.530. The summed E-state index contributed by atoms with van der Waals surface area (Å²) in [7, 11) is 1.77. The lowest BCUT2D eigenvalue weighted by molar-refractivity contribution is -0.118. The van der Waals surface area contributed by atoms with Gasteiger partial charge in [-0.15, -0.1) is 0 Å². The van der Waals surface area contributed by atoms with Crippen molar-refractivity contribution in [2.24, 2.45) is 0 Å². The highest BCUT2D eigenvalue weighted by atomic mass is 79.9. The van der Waals surface area contributed by atoms with Crippen molar-refractivity contribution in [3.63, 3.8) is 0 Å². The second-order valence-electron chi connectivity index (χ2n) is 6.99. The van der Waals surface area contributed by atoms with Gasteiger partial charge in [0, 0.05) is 30.0 Å². The molecule has 0 aliphatic rings. The third-order valence-corrected chi connectivity index (χ3v) is 5.57. The van der Waals surface area contributed by atoms with E-state index in [1.54, 1.807) is 24.1 Å². The molecule has 150 valence electrons. The zero-order chi connectivity index (χ0) is 21.1. The Labute approximate surface area is 182 Å². The number of halogens is 1. The van der Waals surface area contributed by atoms with E-state index in [0.717, 1.165) is 21.3 Å². The lowest BCUT2D eigenvalue weighted by Crippen LogP contribution is -2.29. The number of hydrogen-bond donors (Lipinski definition) is 0. The molecule has 0 saturated heterocycles. The Bertz CT molecular complexity index is 1270. The molecule has 1 heterocycles. The maximum atomic E-state index is 12.9. The molecule has 4 aromatic rings. The highest BCUT2D eigenvalue weighted by molar-refractivity contribution is 9.10. The largest absolute Gasteiger partial charge is 0.315 e. The summed E-state index contributed by atoms with van der Waals surface area (Å²) in [6.07, 6.45) is 1.70. The zero-order valence-corrected chi connectivity index (χ0v) is 18.0. The van der Waals surface area contributed by atoms with E-state index in [4.69, 9.17) is 0 Å². The van der Waals surface area contributed by atoms with Gasteiger partial charge in [0.25, 0.3) is 5.56 Å². The van der Waals surface area contributed by atoms with E-state index < -0.39 is 0 Å². The summed E-state index contributed by atoms with van der Waals surface area (Å²) in [6.45, 7) is 0.269. The SMILES string of the molecule is CN(C(=O)CCn1cnc2ccc(Br)cc2c1=O)c1ccccc1-c1ccccc1. The van der Waals surface area contributed by atoms with E-state index in [1.165, 1.54) is 10.9 Å². The second kappa shape index (κ2) is 8.63. The topological polar surface area (TPSA) is 55.2 Å². The van der Waals surface area contributed by atoms with E-state index in [1.807, 2.05) is 60.7 Å². The minimum atomic E-state index is -0.151. The van der Waals surface area contributed by atoms with E-state index in [0.29, 0.717) is 10.9 Å². The molecule has 0 radical (unpaired) electrons. The summed E-state index contributed by atoms with van der Waals surface area (Å²) in [4.78, 5) is 31.6. The maximum absolute atomic E-state index is 12.9. The van der Waals surface area contributed by atoms with Gasteiger partial charge in [0.1, 0.15) is 0 Å². The van der Waals surface area contributed by atoms with Crippen molar-refractivity contribution >= 4 is 38.4 Å². The quantitative estimate of drug-likeness (QED) is 0.425. The van der Waals surface area contributed by atoms with Crippen LogP contribution >= 0.6 is 15.9 Å². The van der Waals surface area contributed by atoms with Crippen molar-refractivity contribution in [1.29, 1.82) is 0 Å². The average Bonchev–Trinajstić information content (AvgIpc) is 2.79. The van der Waals surface area contributed by atoms with Crippen molar-refractivity contribution in [3.05, 3.63) is 94.0 Å². The predicted molar refractivity (Wildman–Crippen MR) is 124 cm³/mol. The van der Waals surface area contributed by atoms with Crippen LogP contribution in [-0.4, -0.2) is 22.5 Å². The number of anilines is 1. The molecular weight excluding hydrogens is 442 g/mol. The molecule has 0 saturated carbocycles. The number of benzene rings is 3. The van der Waals surface area contributed by atoms with Gasteiger partial charge in [-0.05, 0) is 29.8 Å². The number of aromatic nitrogens is 2. The number of para-hydroxylation sites is 1. The van der Waals surface area contributed by atoms with Crippen LogP contribution in [0.5, 0.6) is 0 Å². The molecule has 0 fully saturated rings. The molecule has 5 nitrogen and oxygen atoms in total. The molecule has 1 aromatic heterocycles. The van der Waals surface area contributed by atoms with Crippen LogP contribution in [0.15, 0.2) is 88.4 Å². The van der Waals surface area contributed by atoms with Crippen LogP contribution < -0.4 is 10.5 Å². The first-order chi connectivity index (χ1) is 14.5. The van der Waals surface area contributed by atoms with Crippen molar-refractivity contribution in [2.45, 2.75) is 13.0 Å². The standard InChI is InChI=1S/C24H20BrN3O2/c1-27(22-10-6-5-9-19(22)17-7-3-2-4-8-17)23(29)13-14-28-16-26-21-12-11-18(25)15-20(21)24(28)30/h2-12,15-16H,13-14H2,1H3. The summed E-state index contributed by atoms with van der Waals surface area (Å²) in [5.41, 5.74) is 3.36. The molecule has 0 bridgehead atoms. The fourth-order valence-electron chi connectivity index (χ4n) is 3.44. The van der Waals surface area contributed by atoms with Crippen LogP contribution in [0.1, 0.15) is 6.42 Å². The van der Waals surface area contributed by atoms with Crippen LogP contribution in [-0.2, 0) is 11.3 Å². The Morgan fingerprint density at radius 2 is 1.77 bits per heavy atom. The fourth-order valence-corrected chi connectivity index (χ4v) is 3.80. The van der Waals surface area contributed by atoms with Crippen molar-refractivity contribution in [3.8, 4) is 11.1 Å². The molecule has 1 amide bonds. The summed E-state index contributed by atoms with van der Waals surface area (Å²) in [6, 6.07) is 23.2. The lowest BCUT2D eigenvalue weighted by Gasteiger charge is -2.21. The highest BCUT2D eigenvalue weighted by Gasteiger charge is 2.16. The third-order valence-electron chi connectivity index (χ3n) is 5.08. The van der Waals surface area contributed by atoms with Gasteiger partial charge in [-0.25, -0.2) is 4.98 Å². The van der Waals surface area contributed by atoms with Gasteiger partial charge in [-0.2, -0.15) is 0 Å². The van der Waals surface area contributed by atoms with E-state index >= 15 is 0 Å². The molecule has 0 aliphatic heterocycles. The Kier molecular flexibility index (Phi) is 5.77. The van der Waals surface area contributed by atoms with Crippen LogP contribution in [0.25, 0.3) is 22.0 Å². The van der Waals surface area contributed by atoms with E-state index in [-0.39, 0.29) is 24.4 Å². The Hall–Kier alpha value is -3.25. The summed E-state index contributed by atoms with van der Waals surface area (Å²) in [5.74, 6) is -0.0698. The van der Waals surface area contributed by atoms with Crippen LogP contribution in [0, 0.1) is 0 Å². The summed E-state index contributed by atoms with van der Waals surface area (Å²) >= 11 is 3.39. The van der Waals surface area contributed by atoms with Crippen LogP contribution in [0.4, 0.5) is 5.69 Å². The summed E-state index contributed by atoms with van der Waals surface area (Å²) < 4.78 is 2.31. The first kappa shape index (κ1) is 20.0. The fraction of sp³-hybridized carbons (Fsp3) is 0.125. The maximum Gasteiger partial charge on any atom is 0.261 e. The van der Waals surface area contributed by atoms with Crippen LogP contribution in [0.3, 0.4) is 0 Å². The van der Waals surface area contributed by atoms with Gasteiger partial charge in [0.15, 0.2) is 0 Å². The number of aryl methyl sites for hydroxylation is 1. The number of rotatable bonds is 5. The number of amides is 1. The number of carbonyl (C=O) groups is 1. The predicted octanol–water partition coefficient (Wildman–Crippen LogP) is 4.88. The van der Waals surface area contributed by atoms with Gasteiger partial charge >= 0.3 is 0 Å². The lowest BCUT2D eigenvalue weighted by atomic mass is 10.0. The number of nitrogens with zero attached hydrogens (tertiary/aromatic N) is 3. The molecule has 3 aromatic carbocycles. The Morgan fingerprint density at radius 3 is 2.57 bits per heavy atom. The molecule has 0 unspecified atom stereocenters. The van der Waals surface area contributed by atoms with Crippen molar-refractivity contribution < 1.29 is 4.79 Å². The first-order valence-electron chi connectivity index (χ1n) is 9.60. The third kappa shape index (κ3) is 4.04. The molecular formula is C24H20BrN3O2. The number of carbonyl (C=O) groups excluding carboxylic acids is 1. The monoisotopic (exact) mass is 461 g/mol. The molecule has 30 heavy (non-hydrogen) atoms. The Balaban J connectivity index is 1.55. The highest BCUT2D eigenvalue weighted by Crippen LogP contribution is 2.30. The smallest absolute Gasteiger partial charge is 0.261 e. The normalized spacial score (nSPS) is 10.9. The van der Waals surface area contributed by atoms with Gasteiger partial charge < -0.3 is 4.90 Å². The molecule has 0 N–H and O–H groups in total. The van der Waals surface area contributed by atoms with E-state index in [9.17, 15) is 9.59 Å². The minimum Gasteiger partial charge on any atom is -0.315 e. The van der Waals surface area contributed by atoms with Gasteiger partial charge in [0.05, 0.1) is 22.9 Å². The van der Waals surface area contributed by atoms with Gasteiger partial charge in [-0.3, -0.25) is 14.2 Å².